The molecule has 0 amide bonds. The Morgan fingerprint density at radius 1 is 1.07 bits per heavy atom. The van der Waals surface area contributed by atoms with Crippen LogP contribution in [0.4, 0.5) is 0 Å². The molecule has 0 saturated heterocycles. The molecule has 2 rings (SSSR count). The molecule has 2 aromatic rings. The fraction of sp³-hybridized carbons (Fsp3) is 0.250. The van der Waals surface area contributed by atoms with Gasteiger partial charge in [-0.1, -0.05) is 6.07 Å². The molecule has 0 N–H and O–H groups in total. The van der Waals surface area contributed by atoms with Crippen LogP contribution < -0.4 is 0 Å². The van der Waals surface area contributed by atoms with E-state index in [9.17, 15) is 0 Å². The second kappa shape index (κ2) is 3.81. The van der Waals surface area contributed by atoms with Crippen LogP contribution in [0, 0.1) is 20.8 Å². The van der Waals surface area contributed by atoms with Crippen LogP contribution in [0.15, 0.2) is 27.6 Å². The van der Waals surface area contributed by atoms with Crippen molar-refractivity contribution < 1.29 is 4.42 Å². The van der Waals surface area contributed by atoms with Gasteiger partial charge in [0.1, 0.15) is 12.0 Å². The Morgan fingerprint density at radius 2 is 1.73 bits per heavy atom. The summed E-state index contributed by atoms with van der Waals surface area (Å²) in [5, 5.41) is 0. The van der Waals surface area contributed by atoms with Gasteiger partial charge in [-0.15, -0.1) is 0 Å². The third-order valence-electron chi connectivity index (χ3n) is 2.59. The summed E-state index contributed by atoms with van der Waals surface area (Å²) in [5.74, 6) is 0. The highest BCUT2D eigenvalue weighted by Crippen LogP contribution is 2.26. The molecule has 0 aliphatic heterocycles. The zero-order valence-corrected chi connectivity index (χ0v) is 10.6. The zero-order valence-electron chi connectivity index (χ0n) is 8.97. The van der Waals surface area contributed by atoms with Gasteiger partial charge in [0.05, 0.1) is 0 Å². The average molecular weight is 266 g/mol. The summed E-state index contributed by atoms with van der Waals surface area (Å²) >= 11 is 3.21. The molecule has 2 nitrogen and oxygen atoms in total. The molecule has 1 aromatic heterocycles. The number of nitrogens with zero attached hydrogens (tertiary/aromatic N) is 1. The molecule has 15 heavy (non-hydrogen) atoms. The molecule has 0 bridgehead atoms. The highest BCUT2D eigenvalue weighted by Gasteiger charge is 2.08. The predicted octanol–water partition coefficient (Wildman–Crippen LogP) is 4.03. The summed E-state index contributed by atoms with van der Waals surface area (Å²) in [5.41, 5.74) is 5.81. The molecule has 0 aliphatic carbocycles. The lowest BCUT2D eigenvalue weighted by Gasteiger charge is -2.06. The normalized spacial score (nSPS) is 10.7. The Kier molecular flexibility index (Phi) is 2.65. The average Bonchev–Trinajstić information content (AvgIpc) is 2.58. The van der Waals surface area contributed by atoms with E-state index in [1.165, 1.54) is 16.7 Å². The van der Waals surface area contributed by atoms with E-state index >= 15 is 0 Å². The van der Waals surface area contributed by atoms with Gasteiger partial charge in [0.25, 0.3) is 4.80 Å². The van der Waals surface area contributed by atoms with Crippen LogP contribution in [0.5, 0.6) is 0 Å². The van der Waals surface area contributed by atoms with Crippen molar-refractivity contribution >= 4 is 15.9 Å². The third kappa shape index (κ3) is 1.97. The number of rotatable bonds is 1. The number of hydrogen-bond acceptors (Lipinski definition) is 2. The number of aromatic nitrogens is 1. The third-order valence-corrected chi connectivity index (χ3v) is 2.96. The van der Waals surface area contributed by atoms with Gasteiger partial charge < -0.3 is 4.42 Å². The Bertz CT molecular complexity index is 502. The number of oxazole rings is 1. The van der Waals surface area contributed by atoms with E-state index in [1.807, 2.05) is 0 Å². The summed E-state index contributed by atoms with van der Waals surface area (Å²) in [6, 6.07) is 4.32. The summed E-state index contributed by atoms with van der Waals surface area (Å²) in [7, 11) is 0. The first-order valence-corrected chi connectivity index (χ1v) is 5.56. The zero-order chi connectivity index (χ0) is 11.0. The lowest BCUT2D eigenvalue weighted by Crippen LogP contribution is -1.88. The van der Waals surface area contributed by atoms with Gasteiger partial charge in [-0.3, -0.25) is 0 Å². The van der Waals surface area contributed by atoms with E-state index in [1.54, 1.807) is 6.26 Å². The largest absolute Gasteiger partial charge is 0.439 e. The van der Waals surface area contributed by atoms with Gasteiger partial charge >= 0.3 is 0 Å². The number of aryl methyl sites for hydroxylation is 3. The van der Waals surface area contributed by atoms with Crippen LogP contribution in [0.3, 0.4) is 0 Å². The fourth-order valence-electron chi connectivity index (χ4n) is 1.61. The van der Waals surface area contributed by atoms with Crippen molar-refractivity contribution in [2.75, 3.05) is 0 Å². The highest BCUT2D eigenvalue weighted by atomic mass is 79.9. The molecule has 0 atom stereocenters. The maximum atomic E-state index is 5.15. The molecule has 0 saturated carbocycles. The van der Waals surface area contributed by atoms with Gasteiger partial charge in [0, 0.05) is 21.5 Å². The van der Waals surface area contributed by atoms with Crippen LogP contribution in [0.1, 0.15) is 16.7 Å². The van der Waals surface area contributed by atoms with Crippen molar-refractivity contribution in [2.45, 2.75) is 20.8 Å². The van der Waals surface area contributed by atoms with E-state index in [0.29, 0.717) is 4.80 Å². The first kappa shape index (κ1) is 10.4. The summed E-state index contributed by atoms with van der Waals surface area (Å²) in [4.78, 5) is 4.79. The van der Waals surface area contributed by atoms with Gasteiger partial charge in [-0.25, -0.2) is 4.98 Å². The molecule has 0 aliphatic rings. The first-order valence-electron chi connectivity index (χ1n) is 4.77. The topological polar surface area (TPSA) is 26.0 Å². The molecule has 78 valence electrons. The smallest absolute Gasteiger partial charge is 0.264 e. The lowest BCUT2D eigenvalue weighted by molar-refractivity contribution is 0.529. The monoisotopic (exact) mass is 265 g/mol. The van der Waals surface area contributed by atoms with Crippen molar-refractivity contribution in [3.05, 3.63) is 39.9 Å². The minimum Gasteiger partial charge on any atom is -0.439 e. The van der Waals surface area contributed by atoms with E-state index in [4.69, 9.17) is 4.42 Å². The quantitative estimate of drug-likeness (QED) is 0.778. The Hall–Kier alpha value is -1.09. The predicted molar refractivity (Wildman–Crippen MR) is 63.9 cm³/mol. The number of halogens is 1. The molecule has 0 spiro atoms. The Labute approximate surface area is 97.5 Å². The van der Waals surface area contributed by atoms with Crippen molar-refractivity contribution in [3.63, 3.8) is 0 Å². The second-order valence-corrected chi connectivity index (χ2v) is 4.42. The van der Waals surface area contributed by atoms with E-state index in [0.717, 1.165) is 11.3 Å². The standard InChI is InChI=1S/C12H12BrNO/c1-7-4-9(3)10(5-8(7)2)11-6-15-12(13)14-11/h4-6H,1-3H3. The molecule has 0 radical (unpaired) electrons. The first-order chi connectivity index (χ1) is 7.08. The van der Waals surface area contributed by atoms with E-state index in [2.05, 4.69) is 53.8 Å². The van der Waals surface area contributed by atoms with Gasteiger partial charge in [-0.05, 0) is 43.5 Å². The van der Waals surface area contributed by atoms with Crippen molar-refractivity contribution in [1.29, 1.82) is 0 Å². The summed E-state index contributed by atoms with van der Waals surface area (Å²) in [6.07, 6.45) is 1.67. The van der Waals surface area contributed by atoms with Crippen LogP contribution in [0.25, 0.3) is 11.3 Å². The van der Waals surface area contributed by atoms with Gasteiger partial charge in [0.15, 0.2) is 0 Å². The van der Waals surface area contributed by atoms with Crippen LogP contribution in [-0.4, -0.2) is 4.98 Å². The van der Waals surface area contributed by atoms with Crippen LogP contribution in [0.2, 0.25) is 0 Å². The van der Waals surface area contributed by atoms with Crippen LogP contribution in [-0.2, 0) is 0 Å². The Morgan fingerprint density at radius 3 is 2.33 bits per heavy atom. The maximum Gasteiger partial charge on any atom is 0.264 e. The summed E-state index contributed by atoms with van der Waals surface area (Å²) < 4.78 is 5.15. The van der Waals surface area contributed by atoms with Crippen LogP contribution >= 0.6 is 15.9 Å². The van der Waals surface area contributed by atoms with Crippen molar-refractivity contribution in [1.82, 2.24) is 4.98 Å². The number of benzene rings is 1. The number of hydrogen-bond donors (Lipinski definition) is 0. The maximum absolute atomic E-state index is 5.15. The van der Waals surface area contributed by atoms with Crippen molar-refractivity contribution in [3.8, 4) is 11.3 Å². The molecule has 0 fully saturated rings. The lowest BCUT2D eigenvalue weighted by atomic mass is 9.99. The molecule has 1 aromatic carbocycles. The highest BCUT2D eigenvalue weighted by molar-refractivity contribution is 9.10. The minimum atomic E-state index is 0.523. The molecular weight excluding hydrogens is 254 g/mol. The Balaban J connectivity index is 2.58. The molecular formula is C12H12BrNO. The van der Waals surface area contributed by atoms with Crippen molar-refractivity contribution in [2.24, 2.45) is 0 Å². The minimum absolute atomic E-state index is 0.523. The SMILES string of the molecule is Cc1cc(C)c(-c2coc(Br)n2)cc1C. The summed E-state index contributed by atoms with van der Waals surface area (Å²) in [6.45, 7) is 6.31. The molecule has 0 unspecified atom stereocenters. The fourth-order valence-corrected chi connectivity index (χ4v) is 1.90. The van der Waals surface area contributed by atoms with E-state index < -0.39 is 0 Å². The van der Waals surface area contributed by atoms with Gasteiger partial charge in [-0.2, -0.15) is 0 Å². The van der Waals surface area contributed by atoms with E-state index in [-0.39, 0.29) is 0 Å². The molecule has 1 heterocycles. The van der Waals surface area contributed by atoms with Gasteiger partial charge in [0.2, 0.25) is 0 Å². The molecule has 3 heteroatoms. The second-order valence-electron chi connectivity index (χ2n) is 3.74.